The van der Waals surface area contributed by atoms with Crippen molar-refractivity contribution in [1.82, 2.24) is 0 Å². The number of ether oxygens (including phenoxy) is 1. The van der Waals surface area contributed by atoms with Gasteiger partial charge in [-0.05, 0) is 31.2 Å². The smallest absolute Gasteiger partial charge is 0.341 e. The minimum atomic E-state index is -1.20. The van der Waals surface area contributed by atoms with E-state index in [0.29, 0.717) is 0 Å². The van der Waals surface area contributed by atoms with E-state index in [2.05, 4.69) is 5.32 Å². The molecule has 1 atom stereocenters. The Morgan fingerprint density at radius 2 is 1.59 bits per heavy atom. The summed E-state index contributed by atoms with van der Waals surface area (Å²) in [5.41, 5.74) is -0.297. The molecule has 114 valence electrons. The summed E-state index contributed by atoms with van der Waals surface area (Å²) in [5.74, 6) is -3.03. The van der Waals surface area contributed by atoms with Gasteiger partial charge in [0.2, 0.25) is 0 Å². The molecule has 0 unspecified atom stereocenters. The molecule has 0 aromatic heterocycles. The van der Waals surface area contributed by atoms with Crippen LogP contribution in [0.1, 0.15) is 17.3 Å². The molecule has 0 saturated heterocycles. The van der Waals surface area contributed by atoms with E-state index in [-0.39, 0.29) is 11.3 Å². The van der Waals surface area contributed by atoms with E-state index in [0.717, 1.165) is 6.07 Å². The second-order valence-electron chi connectivity index (χ2n) is 4.50. The van der Waals surface area contributed by atoms with E-state index in [1.54, 1.807) is 6.07 Å². The lowest BCUT2D eigenvalue weighted by Gasteiger charge is -2.14. The Hall–Kier alpha value is -2.76. The summed E-state index contributed by atoms with van der Waals surface area (Å²) in [6.45, 7) is 1.31. The fraction of sp³-hybridized carbons (Fsp3) is 0.125. The zero-order chi connectivity index (χ0) is 16.1. The largest absolute Gasteiger partial charge is 0.449 e. The van der Waals surface area contributed by atoms with Gasteiger partial charge in [0.25, 0.3) is 5.91 Å². The van der Waals surface area contributed by atoms with Crippen LogP contribution >= 0.6 is 0 Å². The van der Waals surface area contributed by atoms with E-state index in [4.69, 9.17) is 4.74 Å². The highest BCUT2D eigenvalue weighted by Gasteiger charge is 2.21. The molecule has 1 amide bonds. The first kappa shape index (κ1) is 15.6. The van der Waals surface area contributed by atoms with Crippen LogP contribution in [0.15, 0.2) is 48.5 Å². The van der Waals surface area contributed by atoms with E-state index in [1.807, 2.05) is 0 Å². The van der Waals surface area contributed by atoms with Gasteiger partial charge in [0.05, 0.1) is 11.3 Å². The molecule has 1 N–H and O–H groups in total. The van der Waals surface area contributed by atoms with Crippen molar-refractivity contribution in [3.63, 3.8) is 0 Å². The van der Waals surface area contributed by atoms with Gasteiger partial charge in [0.15, 0.2) is 6.10 Å². The van der Waals surface area contributed by atoms with Crippen molar-refractivity contribution in [2.45, 2.75) is 13.0 Å². The predicted molar refractivity (Wildman–Crippen MR) is 76.3 cm³/mol. The highest BCUT2D eigenvalue weighted by molar-refractivity contribution is 5.97. The molecule has 0 spiro atoms. The van der Waals surface area contributed by atoms with Gasteiger partial charge >= 0.3 is 5.97 Å². The Kier molecular flexibility index (Phi) is 4.83. The first-order valence-corrected chi connectivity index (χ1v) is 6.50. The summed E-state index contributed by atoms with van der Waals surface area (Å²) in [5, 5.41) is 2.30. The molecule has 6 heteroatoms. The third kappa shape index (κ3) is 3.66. The zero-order valence-corrected chi connectivity index (χ0v) is 11.7. The minimum absolute atomic E-state index is 0.0266. The highest BCUT2D eigenvalue weighted by atomic mass is 19.1. The third-order valence-electron chi connectivity index (χ3n) is 2.88. The lowest BCUT2D eigenvalue weighted by molar-refractivity contribution is -0.123. The number of carbonyl (C=O) groups is 2. The summed E-state index contributed by atoms with van der Waals surface area (Å²) in [6.07, 6.45) is -1.20. The SMILES string of the molecule is C[C@@H](OC(=O)c1ccccc1F)C(=O)Nc1ccccc1F. The van der Waals surface area contributed by atoms with Crippen LogP contribution in [0.5, 0.6) is 0 Å². The van der Waals surface area contributed by atoms with Crippen LogP contribution in [0.4, 0.5) is 14.5 Å². The van der Waals surface area contributed by atoms with E-state index in [9.17, 15) is 18.4 Å². The normalized spacial score (nSPS) is 11.6. The van der Waals surface area contributed by atoms with Gasteiger partial charge in [-0.3, -0.25) is 4.79 Å². The number of carbonyl (C=O) groups excluding carboxylic acids is 2. The van der Waals surface area contributed by atoms with Crippen molar-refractivity contribution in [3.8, 4) is 0 Å². The Balaban J connectivity index is 2.01. The third-order valence-corrected chi connectivity index (χ3v) is 2.88. The number of hydrogen-bond donors (Lipinski definition) is 1. The quantitative estimate of drug-likeness (QED) is 0.883. The van der Waals surface area contributed by atoms with Crippen LogP contribution in [0.3, 0.4) is 0 Å². The Labute approximate surface area is 125 Å². The zero-order valence-electron chi connectivity index (χ0n) is 11.7. The van der Waals surface area contributed by atoms with Gasteiger partial charge in [-0.2, -0.15) is 0 Å². The molecule has 22 heavy (non-hydrogen) atoms. The number of rotatable bonds is 4. The number of benzene rings is 2. The molecule has 2 rings (SSSR count). The minimum Gasteiger partial charge on any atom is -0.449 e. The van der Waals surface area contributed by atoms with Crippen LogP contribution in [0.25, 0.3) is 0 Å². The molecule has 4 nitrogen and oxygen atoms in total. The van der Waals surface area contributed by atoms with E-state index < -0.39 is 29.6 Å². The summed E-state index contributed by atoms with van der Waals surface area (Å²) in [7, 11) is 0. The summed E-state index contributed by atoms with van der Waals surface area (Å²) >= 11 is 0. The summed E-state index contributed by atoms with van der Waals surface area (Å²) in [6, 6.07) is 10.9. The molecular formula is C16H13F2NO3. The average Bonchev–Trinajstić information content (AvgIpc) is 2.49. The number of nitrogens with one attached hydrogen (secondary N) is 1. The van der Waals surface area contributed by atoms with Crippen molar-refractivity contribution in [2.24, 2.45) is 0 Å². The maximum Gasteiger partial charge on any atom is 0.341 e. The topological polar surface area (TPSA) is 55.4 Å². The second kappa shape index (κ2) is 6.80. The molecule has 0 bridgehead atoms. The van der Waals surface area contributed by atoms with Crippen molar-refractivity contribution in [2.75, 3.05) is 5.32 Å². The molecule has 0 heterocycles. The highest BCUT2D eigenvalue weighted by Crippen LogP contribution is 2.14. The average molecular weight is 305 g/mol. The standard InChI is InChI=1S/C16H13F2NO3/c1-10(15(20)19-14-9-5-4-8-13(14)18)22-16(21)11-6-2-3-7-12(11)17/h2-10H,1H3,(H,19,20)/t10-/m1/s1. The van der Waals surface area contributed by atoms with Crippen LogP contribution in [-0.4, -0.2) is 18.0 Å². The second-order valence-corrected chi connectivity index (χ2v) is 4.50. The molecular weight excluding hydrogens is 292 g/mol. The van der Waals surface area contributed by atoms with Gasteiger partial charge in [0, 0.05) is 0 Å². The van der Waals surface area contributed by atoms with Crippen molar-refractivity contribution >= 4 is 17.6 Å². The molecule has 2 aromatic carbocycles. The monoisotopic (exact) mass is 305 g/mol. The number of esters is 1. The number of halogens is 2. The van der Waals surface area contributed by atoms with Crippen LogP contribution < -0.4 is 5.32 Å². The summed E-state index contributed by atoms with van der Waals surface area (Å²) in [4.78, 5) is 23.7. The van der Waals surface area contributed by atoms with Crippen LogP contribution in [0, 0.1) is 11.6 Å². The van der Waals surface area contributed by atoms with Gasteiger partial charge in [-0.15, -0.1) is 0 Å². The molecule has 0 fully saturated rings. The van der Waals surface area contributed by atoms with Gasteiger partial charge < -0.3 is 10.1 Å². The fourth-order valence-electron chi connectivity index (χ4n) is 1.70. The first-order chi connectivity index (χ1) is 10.5. The number of para-hydroxylation sites is 1. The van der Waals surface area contributed by atoms with E-state index in [1.165, 1.54) is 43.3 Å². The molecule has 0 aliphatic heterocycles. The van der Waals surface area contributed by atoms with Gasteiger partial charge in [0.1, 0.15) is 11.6 Å². The van der Waals surface area contributed by atoms with Crippen LogP contribution in [0.2, 0.25) is 0 Å². The molecule has 2 aromatic rings. The molecule has 0 aliphatic carbocycles. The van der Waals surface area contributed by atoms with Crippen molar-refractivity contribution in [1.29, 1.82) is 0 Å². The number of anilines is 1. The molecule has 0 radical (unpaired) electrons. The Morgan fingerprint density at radius 1 is 1.00 bits per heavy atom. The maximum absolute atomic E-state index is 13.4. The van der Waals surface area contributed by atoms with Gasteiger partial charge in [-0.1, -0.05) is 24.3 Å². The maximum atomic E-state index is 13.4. The molecule has 0 aliphatic rings. The van der Waals surface area contributed by atoms with Crippen molar-refractivity contribution in [3.05, 3.63) is 65.7 Å². The Bertz CT molecular complexity index is 703. The predicted octanol–water partition coefficient (Wildman–Crippen LogP) is 3.15. The van der Waals surface area contributed by atoms with Crippen LogP contribution in [-0.2, 0) is 9.53 Å². The van der Waals surface area contributed by atoms with E-state index >= 15 is 0 Å². The number of amides is 1. The lowest BCUT2D eigenvalue weighted by Crippen LogP contribution is -2.30. The lowest BCUT2D eigenvalue weighted by atomic mass is 10.2. The van der Waals surface area contributed by atoms with Crippen molar-refractivity contribution < 1.29 is 23.1 Å². The van der Waals surface area contributed by atoms with Gasteiger partial charge in [-0.25, -0.2) is 13.6 Å². The summed E-state index contributed by atoms with van der Waals surface area (Å²) < 4.78 is 31.7. The number of hydrogen-bond acceptors (Lipinski definition) is 3. The first-order valence-electron chi connectivity index (χ1n) is 6.50. The Morgan fingerprint density at radius 3 is 2.23 bits per heavy atom. The molecule has 0 saturated carbocycles. The fourth-order valence-corrected chi connectivity index (χ4v) is 1.70.